The SMILES string of the molecule is Cc1nnc(NC(=O)[C@@H]2C[C@@H]2C(=O)O)o1. The maximum absolute atomic E-state index is 11.4. The Labute approximate surface area is 84.5 Å². The molecule has 1 aromatic heterocycles. The number of rotatable bonds is 3. The summed E-state index contributed by atoms with van der Waals surface area (Å²) in [4.78, 5) is 21.9. The van der Waals surface area contributed by atoms with E-state index in [0.29, 0.717) is 12.3 Å². The van der Waals surface area contributed by atoms with Crippen LogP contribution in [-0.2, 0) is 9.59 Å². The molecule has 80 valence electrons. The second-order valence-corrected chi connectivity index (χ2v) is 3.40. The van der Waals surface area contributed by atoms with Crippen LogP contribution in [0.1, 0.15) is 12.3 Å². The fourth-order valence-corrected chi connectivity index (χ4v) is 1.30. The number of aliphatic carboxylic acids is 1. The van der Waals surface area contributed by atoms with Gasteiger partial charge >= 0.3 is 12.0 Å². The predicted molar refractivity (Wildman–Crippen MR) is 46.9 cm³/mol. The third-order valence-corrected chi connectivity index (χ3v) is 2.20. The van der Waals surface area contributed by atoms with Crippen molar-refractivity contribution in [3.63, 3.8) is 0 Å². The lowest BCUT2D eigenvalue weighted by Crippen LogP contribution is -2.16. The Balaban J connectivity index is 1.92. The molecule has 1 aromatic rings. The van der Waals surface area contributed by atoms with Crippen LogP contribution in [0, 0.1) is 18.8 Å². The average molecular weight is 211 g/mol. The molecule has 1 fully saturated rings. The van der Waals surface area contributed by atoms with E-state index in [0.717, 1.165) is 0 Å². The Hall–Kier alpha value is -1.92. The van der Waals surface area contributed by atoms with E-state index >= 15 is 0 Å². The molecule has 2 N–H and O–H groups in total. The summed E-state index contributed by atoms with van der Waals surface area (Å²) < 4.78 is 4.93. The van der Waals surface area contributed by atoms with Crippen molar-refractivity contribution < 1.29 is 19.1 Å². The molecule has 0 unspecified atom stereocenters. The number of amides is 1. The molecule has 0 radical (unpaired) electrons. The van der Waals surface area contributed by atoms with Crippen LogP contribution in [0.25, 0.3) is 0 Å². The Morgan fingerprint density at radius 1 is 1.47 bits per heavy atom. The van der Waals surface area contributed by atoms with Crippen molar-refractivity contribution in [1.29, 1.82) is 0 Å². The molecule has 1 heterocycles. The van der Waals surface area contributed by atoms with Crippen LogP contribution in [0.2, 0.25) is 0 Å². The Kier molecular flexibility index (Phi) is 2.14. The number of anilines is 1. The summed E-state index contributed by atoms with van der Waals surface area (Å²) in [5.41, 5.74) is 0. The smallest absolute Gasteiger partial charge is 0.322 e. The van der Waals surface area contributed by atoms with E-state index in [1.54, 1.807) is 6.92 Å². The van der Waals surface area contributed by atoms with Gasteiger partial charge in [0.15, 0.2) is 0 Å². The van der Waals surface area contributed by atoms with E-state index in [4.69, 9.17) is 9.52 Å². The van der Waals surface area contributed by atoms with Crippen molar-refractivity contribution in [2.45, 2.75) is 13.3 Å². The van der Waals surface area contributed by atoms with Crippen LogP contribution in [-0.4, -0.2) is 27.2 Å². The number of carbonyl (C=O) groups is 2. The molecule has 7 nitrogen and oxygen atoms in total. The first-order chi connectivity index (χ1) is 7.08. The molecule has 1 saturated carbocycles. The van der Waals surface area contributed by atoms with Crippen molar-refractivity contribution in [2.24, 2.45) is 11.8 Å². The minimum atomic E-state index is -0.947. The zero-order valence-corrected chi connectivity index (χ0v) is 7.93. The van der Waals surface area contributed by atoms with Gasteiger partial charge in [-0.15, -0.1) is 5.10 Å². The highest BCUT2D eigenvalue weighted by Gasteiger charge is 2.48. The number of hydrogen-bond donors (Lipinski definition) is 2. The molecular weight excluding hydrogens is 202 g/mol. The van der Waals surface area contributed by atoms with Gasteiger partial charge in [0, 0.05) is 6.92 Å². The van der Waals surface area contributed by atoms with Crippen LogP contribution >= 0.6 is 0 Å². The van der Waals surface area contributed by atoms with Gasteiger partial charge in [-0.1, -0.05) is 5.10 Å². The summed E-state index contributed by atoms with van der Waals surface area (Å²) in [7, 11) is 0. The van der Waals surface area contributed by atoms with E-state index in [2.05, 4.69) is 15.5 Å². The standard InChI is InChI=1S/C8H9N3O4/c1-3-10-11-8(15-3)9-6(12)4-2-5(4)7(13)14/h4-5H,2H2,1H3,(H,13,14)(H,9,11,12)/t4-,5+/m1/s1. The second kappa shape index (κ2) is 3.34. The summed E-state index contributed by atoms with van der Waals surface area (Å²) in [6.07, 6.45) is 0.369. The summed E-state index contributed by atoms with van der Waals surface area (Å²) >= 11 is 0. The molecule has 0 saturated heterocycles. The number of nitrogens with zero attached hydrogens (tertiary/aromatic N) is 2. The molecular formula is C8H9N3O4. The lowest BCUT2D eigenvalue weighted by Gasteiger charge is -1.96. The van der Waals surface area contributed by atoms with Crippen molar-refractivity contribution in [1.82, 2.24) is 10.2 Å². The van der Waals surface area contributed by atoms with Gasteiger partial charge in [0.2, 0.25) is 11.8 Å². The maximum atomic E-state index is 11.4. The quantitative estimate of drug-likeness (QED) is 0.731. The number of nitrogens with one attached hydrogen (secondary N) is 1. The zero-order chi connectivity index (χ0) is 11.0. The lowest BCUT2D eigenvalue weighted by atomic mass is 10.3. The summed E-state index contributed by atoms with van der Waals surface area (Å²) in [5.74, 6) is -2.04. The Morgan fingerprint density at radius 2 is 2.20 bits per heavy atom. The summed E-state index contributed by atoms with van der Waals surface area (Å²) in [6, 6.07) is 0.00791. The first-order valence-electron chi connectivity index (χ1n) is 4.41. The van der Waals surface area contributed by atoms with Crippen LogP contribution in [0.4, 0.5) is 6.01 Å². The van der Waals surface area contributed by atoms with E-state index in [-0.39, 0.29) is 11.9 Å². The van der Waals surface area contributed by atoms with Crippen molar-refractivity contribution >= 4 is 17.9 Å². The fourth-order valence-electron chi connectivity index (χ4n) is 1.30. The minimum Gasteiger partial charge on any atom is -0.481 e. The van der Waals surface area contributed by atoms with Gasteiger partial charge in [0.1, 0.15) is 0 Å². The normalized spacial score (nSPS) is 23.5. The molecule has 0 aliphatic heterocycles. The fraction of sp³-hybridized carbons (Fsp3) is 0.500. The monoisotopic (exact) mass is 211 g/mol. The van der Waals surface area contributed by atoms with Crippen molar-refractivity contribution in [3.05, 3.63) is 5.89 Å². The molecule has 7 heteroatoms. The number of aryl methyl sites for hydroxylation is 1. The van der Waals surface area contributed by atoms with Crippen LogP contribution in [0.3, 0.4) is 0 Å². The van der Waals surface area contributed by atoms with E-state index in [1.807, 2.05) is 0 Å². The van der Waals surface area contributed by atoms with E-state index < -0.39 is 17.8 Å². The summed E-state index contributed by atoms with van der Waals surface area (Å²) in [6.45, 7) is 1.60. The predicted octanol–water partition coefficient (Wildman–Crippen LogP) is 0.0372. The first kappa shape index (κ1) is 9.63. The molecule has 2 atom stereocenters. The highest BCUT2D eigenvalue weighted by molar-refractivity contribution is 5.96. The van der Waals surface area contributed by atoms with Gasteiger partial charge < -0.3 is 9.52 Å². The Morgan fingerprint density at radius 3 is 2.67 bits per heavy atom. The zero-order valence-electron chi connectivity index (χ0n) is 7.93. The van der Waals surface area contributed by atoms with E-state index in [1.165, 1.54) is 0 Å². The van der Waals surface area contributed by atoms with Crippen molar-refractivity contribution in [3.8, 4) is 0 Å². The van der Waals surface area contributed by atoms with E-state index in [9.17, 15) is 9.59 Å². The number of carbonyl (C=O) groups excluding carboxylic acids is 1. The van der Waals surface area contributed by atoms with Crippen LogP contribution < -0.4 is 5.32 Å². The molecule has 0 aromatic carbocycles. The molecule has 0 spiro atoms. The molecule has 1 amide bonds. The third kappa shape index (κ3) is 1.95. The van der Waals surface area contributed by atoms with Crippen LogP contribution in [0.15, 0.2) is 4.42 Å². The molecule has 1 aliphatic rings. The van der Waals surface area contributed by atoms with Crippen molar-refractivity contribution in [2.75, 3.05) is 5.32 Å². The van der Waals surface area contributed by atoms with Gasteiger partial charge in [0.05, 0.1) is 11.8 Å². The number of aromatic nitrogens is 2. The second-order valence-electron chi connectivity index (χ2n) is 3.40. The molecule has 2 rings (SSSR count). The van der Waals surface area contributed by atoms with Gasteiger partial charge in [-0.25, -0.2) is 0 Å². The average Bonchev–Trinajstić information content (AvgIpc) is 2.86. The highest BCUT2D eigenvalue weighted by Crippen LogP contribution is 2.39. The Bertz CT molecular complexity index is 414. The van der Waals surface area contributed by atoms with Gasteiger partial charge in [-0.2, -0.15) is 0 Å². The summed E-state index contributed by atoms with van der Waals surface area (Å²) in [5, 5.41) is 18.1. The minimum absolute atomic E-state index is 0.00791. The molecule has 0 bridgehead atoms. The molecule has 1 aliphatic carbocycles. The third-order valence-electron chi connectivity index (χ3n) is 2.20. The topological polar surface area (TPSA) is 105 Å². The highest BCUT2D eigenvalue weighted by atomic mass is 16.4. The number of hydrogen-bond acceptors (Lipinski definition) is 5. The first-order valence-corrected chi connectivity index (χ1v) is 4.41. The van der Waals surface area contributed by atoms with Gasteiger partial charge in [-0.05, 0) is 6.42 Å². The lowest BCUT2D eigenvalue weighted by molar-refractivity contribution is -0.139. The van der Waals surface area contributed by atoms with Gasteiger partial charge in [-0.3, -0.25) is 14.9 Å². The molecule has 15 heavy (non-hydrogen) atoms. The van der Waals surface area contributed by atoms with Crippen LogP contribution in [0.5, 0.6) is 0 Å². The maximum Gasteiger partial charge on any atom is 0.322 e. The largest absolute Gasteiger partial charge is 0.481 e. The number of carboxylic acid groups (broad SMARTS) is 1. The number of carboxylic acids is 1. The van der Waals surface area contributed by atoms with Gasteiger partial charge in [0.25, 0.3) is 0 Å².